The van der Waals surface area contributed by atoms with Gasteiger partial charge in [-0.25, -0.2) is 0 Å². The van der Waals surface area contributed by atoms with Crippen LogP contribution in [0.1, 0.15) is 31.2 Å². The zero-order valence-corrected chi connectivity index (χ0v) is 9.19. The highest BCUT2D eigenvalue weighted by atomic mass is 16.3. The monoisotopic (exact) mass is 202 g/mol. The van der Waals surface area contributed by atoms with Gasteiger partial charge in [-0.3, -0.25) is 0 Å². The van der Waals surface area contributed by atoms with Crippen molar-refractivity contribution in [1.82, 2.24) is 0 Å². The molecule has 0 amide bonds. The van der Waals surface area contributed by atoms with Crippen molar-refractivity contribution in [3.8, 4) is 0 Å². The fourth-order valence-corrected chi connectivity index (χ4v) is 2.36. The van der Waals surface area contributed by atoms with E-state index in [4.69, 9.17) is 0 Å². The molecule has 1 fully saturated rings. The highest BCUT2D eigenvalue weighted by Crippen LogP contribution is 2.39. The Kier molecular flexibility index (Phi) is 2.92. The van der Waals surface area contributed by atoms with Crippen LogP contribution in [-0.4, -0.2) is 11.2 Å². The summed E-state index contributed by atoms with van der Waals surface area (Å²) >= 11 is 0. The molecule has 2 rings (SSSR count). The first kappa shape index (κ1) is 10.4. The van der Waals surface area contributed by atoms with Crippen LogP contribution in [0.2, 0.25) is 0 Å². The molecule has 0 spiro atoms. The maximum absolute atomic E-state index is 9.75. The lowest BCUT2D eigenvalue weighted by atomic mass is 9.74. The Balaban J connectivity index is 2.20. The highest BCUT2D eigenvalue weighted by molar-refractivity contribution is 5.29. The molecule has 0 saturated heterocycles. The van der Waals surface area contributed by atoms with Crippen LogP contribution in [0.25, 0.3) is 0 Å². The van der Waals surface area contributed by atoms with E-state index in [2.05, 4.69) is 37.8 Å². The Labute approximate surface area is 91.4 Å². The van der Waals surface area contributed by atoms with Gasteiger partial charge in [0.25, 0.3) is 0 Å². The molecule has 1 saturated carbocycles. The van der Waals surface area contributed by atoms with E-state index in [9.17, 15) is 5.11 Å². The minimum Gasteiger partial charge on any atom is -0.393 e. The molecule has 1 aromatic carbocycles. The second kappa shape index (κ2) is 4.19. The fourth-order valence-electron chi connectivity index (χ4n) is 2.36. The van der Waals surface area contributed by atoms with Crippen molar-refractivity contribution >= 4 is 0 Å². The molecule has 1 N–H and O–H groups in total. The Morgan fingerprint density at radius 2 is 1.93 bits per heavy atom. The second-order valence-corrected chi connectivity index (χ2v) is 4.61. The van der Waals surface area contributed by atoms with E-state index in [0.717, 1.165) is 12.8 Å². The van der Waals surface area contributed by atoms with E-state index in [-0.39, 0.29) is 6.10 Å². The molecule has 0 aliphatic heterocycles. The van der Waals surface area contributed by atoms with Gasteiger partial charge in [0.2, 0.25) is 0 Å². The van der Waals surface area contributed by atoms with E-state index in [1.54, 1.807) is 0 Å². The maximum atomic E-state index is 9.75. The summed E-state index contributed by atoms with van der Waals surface area (Å²) in [5, 5.41) is 9.75. The molecule has 1 aliphatic carbocycles. The normalized spacial score (nSPS) is 31.6. The summed E-state index contributed by atoms with van der Waals surface area (Å²) in [5.41, 5.74) is 2.51. The zero-order valence-electron chi connectivity index (χ0n) is 9.19. The van der Waals surface area contributed by atoms with Crippen LogP contribution in [0.15, 0.2) is 42.5 Å². The summed E-state index contributed by atoms with van der Waals surface area (Å²) in [6.45, 7) is 6.21. The Bertz CT molecular complexity index is 342. The van der Waals surface area contributed by atoms with E-state index < -0.39 is 0 Å². The molecule has 0 bridgehead atoms. The summed E-state index contributed by atoms with van der Waals surface area (Å²) in [5.74, 6) is 0.810. The highest BCUT2D eigenvalue weighted by Gasteiger charge is 2.29. The quantitative estimate of drug-likeness (QED) is 0.694. The predicted molar refractivity (Wildman–Crippen MR) is 62.7 cm³/mol. The molecule has 1 aromatic rings. The van der Waals surface area contributed by atoms with Crippen LogP contribution < -0.4 is 0 Å². The van der Waals surface area contributed by atoms with Crippen molar-refractivity contribution in [2.75, 3.05) is 0 Å². The van der Waals surface area contributed by atoms with Gasteiger partial charge in [-0.2, -0.15) is 0 Å². The summed E-state index contributed by atoms with van der Waals surface area (Å²) in [6.07, 6.45) is 1.57. The summed E-state index contributed by atoms with van der Waals surface area (Å²) in [7, 11) is 0. The first-order chi connectivity index (χ1) is 7.18. The van der Waals surface area contributed by atoms with E-state index in [1.165, 1.54) is 11.1 Å². The molecule has 0 aromatic heterocycles. The van der Waals surface area contributed by atoms with Gasteiger partial charge >= 0.3 is 0 Å². The van der Waals surface area contributed by atoms with Crippen molar-refractivity contribution in [3.63, 3.8) is 0 Å². The third kappa shape index (κ3) is 2.13. The van der Waals surface area contributed by atoms with Gasteiger partial charge in [0.15, 0.2) is 0 Å². The Hall–Kier alpha value is -1.08. The zero-order chi connectivity index (χ0) is 10.8. The van der Waals surface area contributed by atoms with Crippen LogP contribution >= 0.6 is 0 Å². The minimum atomic E-state index is -0.197. The van der Waals surface area contributed by atoms with Crippen molar-refractivity contribution < 1.29 is 5.11 Å². The topological polar surface area (TPSA) is 20.2 Å². The standard InChI is InChI=1S/C14H18O/c1-10-9-14(15)11(2)8-13(10)12-6-4-3-5-7-12/h3-7,11,13-15H,1,8-9H2,2H3/t11-,13-,14-/m1/s1. The molecule has 0 unspecified atom stereocenters. The van der Waals surface area contributed by atoms with Crippen LogP contribution in [-0.2, 0) is 0 Å². The summed E-state index contributed by atoms with van der Waals surface area (Å²) < 4.78 is 0. The van der Waals surface area contributed by atoms with Gasteiger partial charge in [-0.1, -0.05) is 49.4 Å². The molecule has 0 heterocycles. The largest absolute Gasteiger partial charge is 0.393 e. The molecular formula is C14H18O. The van der Waals surface area contributed by atoms with Gasteiger partial charge in [-0.15, -0.1) is 0 Å². The van der Waals surface area contributed by atoms with Gasteiger partial charge < -0.3 is 5.11 Å². The lowest BCUT2D eigenvalue weighted by Gasteiger charge is -2.33. The van der Waals surface area contributed by atoms with Crippen molar-refractivity contribution in [1.29, 1.82) is 0 Å². The minimum absolute atomic E-state index is 0.197. The van der Waals surface area contributed by atoms with E-state index in [0.29, 0.717) is 11.8 Å². The van der Waals surface area contributed by atoms with E-state index in [1.807, 2.05) is 6.07 Å². The molecule has 1 aliphatic rings. The first-order valence-electron chi connectivity index (χ1n) is 5.59. The number of aliphatic hydroxyl groups excluding tert-OH is 1. The lowest BCUT2D eigenvalue weighted by Crippen LogP contribution is -2.27. The third-order valence-electron chi connectivity index (χ3n) is 3.43. The van der Waals surface area contributed by atoms with Crippen molar-refractivity contribution in [2.45, 2.75) is 31.8 Å². The van der Waals surface area contributed by atoms with Crippen LogP contribution in [0.4, 0.5) is 0 Å². The van der Waals surface area contributed by atoms with Crippen LogP contribution in [0.5, 0.6) is 0 Å². The first-order valence-corrected chi connectivity index (χ1v) is 5.59. The number of aliphatic hydroxyl groups is 1. The second-order valence-electron chi connectivity index (χ2n) is 4.61. The lowest BCUT2D eigenvalue weighted by molar-refractivity contribution is 0.0925. The van der Waals surface area contributed by atoms with Crippen LogP contribution in [0.3, 0.4) is 0 Å². The van der Waals surface area contributed by atoms with Gasteiger partial charge in [0, 0.05) is 5.92 Å². The molecule has 1 heteroatoms. The van der Waals surface area contributed by atoms with Crippen molar-refractivity contribution in [3.05, 3.63) is 48.0 Å². The number of hydrogen-bond donors (Lipinski definition) is 1. The summed E-state index contributed by atoms with van der Waals surface area (Å²) in [4.78, 5) is 0. The average Bonchev–Trinajstić information content (AvgIpc) is 2.25. The predicted octanol–water partition coefficient (Wildman–Crippen LogP) is 3.12. The van der Waals surface area contributed by atoms with Gasteiger partial charge in [-0.05, 0) is 24.3 Å². The molecular weight excluding hydrogens is 184 g/mol. The number of hydrogen-bond acceptors (Lipinski definition) is 1. The average molecular weight is 202 g/mol. The molecule has 3 atom stereocenters. The maximum Gasteiger partial charge on any atom is 0.0603 e. The SMILES string of the molecule is C=C1C[C@@H](O)[C@H](C)C[C@H]1c1ccccc1. The molecule has 15 heavy (non-hydrogen) atoms. The van der Waals surface area contributed by atoms with E-state index >= 15 is 0 Å². The molecule has 80 valence electrons. The van der Waals surface area contributed by atoms with Crippen LogP contribution in [0, 0.1) is 5.92 Å². The Morgan fingerprint density at radius 3 is 2.60 bits per heavy atom. The Morgan fingerprint density at radius 1 is 1.27 bits per heavy atom. The number of rotatable bonds is 1. The fraction of sp³-hybridized carbons (Fsp3) is 0.429. The molecule has 1 nitrogen and oxygen atoms in total. The number of benzene rings is 1. The van der Waals surface area contributed by atoms with Crippen molar-refractivity contribution in [2.24, 2.45) is 5.92 Å². The summed E-state index contributed by atoms with van der Waals surface area (Å²) in [6, 6.07) is 10.5. The smallest absolute Gasteiger partial charge is 0.0603 e. The van der Waals surface area contributed by atoms with Gasteiger partial charge in [0.05, 0.1) is 6.10 Å². The third-order valence-corrected chi connectivity index (χ3v) is 3.43. The van der Waals surface area contributed by atoms with Gasteiger partial charge in [0.1, 0.15) is 0 Å². The molecule has 0 radical (unpaired) electrons.